The normalized spacial score (nSPS) is 19.2. The van der Waals surface area contributed by atoms with Gasteiger partial charge < -0.3 is 5.32 Å². The van der Waals surface area contributed by atoms with Gasteiger partial charge in [0.2, 0.25) is 10.0 Å². The molecule has 1 aromatic carbocycles. The average molecular weight is 279 g/mol. The number of hydrogen-bond acceptors (Lipinski definition) is 4. The van der Waals surface area contributed by atoms with Crippen molar-refractivity contribution < 1.29 is 8.42 Å². The zero-order valence-corrected chi connectivity index (χ0v) is 11.4. The molecule has 1 atom stereocenters. The van der Waals surface area contributed by atoms with E-state index in [0.717, 1.165) is 25.8 Å². The molecule has 0 radical (unpaired) electrons. The number of benzene rings is 1. The third-order valence-electron chi connectivity index (χ3n) is 3.24. The van der Waals surface area contributed by atoms with Crippen LogP contribution < -0.4 is 10.0 Å². The largest absolute Gasteiger partial charge is 0.314 e. The molecule has 0 aliphatic carbocycles. The number of nitrogens with one attached hydrogen (secondary N) is 2. The van der Waals surface area contributed by atoms with Crippen molar-refractivity contribution in [1.82, 2.24) is 10.0 Å². The molecule has 0 spiro atoms. The van der Waals surface area contributed by atoms with E-state index in [4.69, 9.17) is 5.26 Å². The van der Waals surface area contributed by atoms with Gasteiger partial charge in [0.1, 0.15) is 6.07 Å². The van der Waals surface area contributed by atoms with E-state index >= 15 is 0 Å². The maximum Gasteiger partial charge on any atom is 0.241 e. The lowest BCUT2D eigenvalue weighted by atomic mass is 10.2. The van der Waals surface area contributed by atoms with Crippen molar-refractivity contribution in [1.29, 1.82) is 5.26 Å². The van der Waals surface area contributed by atoms with Gasteiger partial charge in [-0.25, -0.2) is 13.1 Å². The predicted molar refractivity (Wildman–Crippen MR) is 72.0 cm³/mol. The Hall–Kier alpha value is -1.42. The van der Waals surface area contributed by atoms with Gasteiger partial charge in [0, 0.05) is 12.6 Å². The Balaban J connectivity index is 1.99. The first-order valence-electron chi connectivity index (χ1n) is 6.35. The van der Waals surface area contributed by atoms with Crippen LogP contribution in [-0.2, 0) is 10.0 Å². The third-order valence-corrected chi connectivity index (χ3v) is 4.76. The minimum atomic E-state index is -3.60. The van der Waals surface area contributed by atoms with E-state index < -0.39 is 10.0 Å². The van der Waals surface area contributed by atoms with Crippen molar-refractivity contribution in [2.24, 2.45) is 0 Å². The number of nitrogens with zero attached hydrogens (tertiary/aromatic N) is 1. The summed E-state index contributed by atoms with van der Waals surface area (Å²) < 4.78 is 26.8. The summed E-state index contributed by atoms with van der Waals surface area (Å²) in [5.41, 5.74) is 0.175. The zero-order chi connectivity index (χ0) is 13.7. The fraction of sp³-hybridized carbons (Fsp3) is 0.462. The summed E-state index contributed by atoms with van der Waals surface area (Å²) >= 11 is 0. The molecule has 5 nitrogen and oxygen atoms in total. The van der Waals surface area contributed by atoms with E-state index in [0.29, 0.717) is 12.6 Å². The highest BCUT2D eigenvalue weighted by Gasteiger charge is 2.19. The molecule has 1 unspecified atom stereocenters. The molecule has 0 aromatic heterocycles. The highest BCUT2D eigenvalue weighted by Crippen LogP contribution is 2.14. The van der Waals surface area contributed by atoms with Gasteiger partial charge in [0.25, 0.3) is 0 Å². The van der Waals surface area contributed by atoms with Crippen LogP contribution in [0.4, 0.5) is 0 Å². The molecule has 0 amide bonds. The molecule has 102 valence electrons. The van der Waals surface area contributed by atoms with Crippen LogP contribution in [0.2, 0.25) is 0 Å². The molecule has 1 aromatic rings. The summed E-state index contributed by atoms with van der Waals surface area (Å²) in [4.78, 5) is 0.0527. The van der Waals surface area contributed by atoms with Crippen LogP contribution in [0.5, 0.6) is 0 Å². The van der Waals surface area contributed by atoms with Crippen LogP contribution in [0.15, 0.2) is 29.2 Å². The summed E-state index contributed by atoms with van der Waals surface area (Å²) in [6, 6.07) is 8.53. The van der Waals surface area contributed by atoms with Gasteiger partial charge in [0.05, 0.1) is 10.5 Å². The molecule has 1 aliphatic heterocycles. The molecule has 1 aliphatic rings. The molecule has 1 heterocycles. The third kappa shape index (κ3) is 3.53. The molecule has 0 saturated carbocycles. The zero-order valence-electron chi connectivity index (χ0n) is 10.6. The SMILES string of the molecule is N#Cc1ccccc1S(=O)(=O)NCCC1CCCN1. The highest BCUT2D eigenvalue weighted by atomic mass is 32.2. The topological polar surface area (TPSA) is 82.0 Å². The lowest BCUT2D eigenvalue weighted by Crippen LogP contribution is -2.31. The monoisotopic (exact) mass is 279 g/mol. The second kappa shape index (κ2) is 6.15. The summed E-state index contributed by atoms with van der Waals surface area (Å²) in [6.45, 7) is 1.40. The molecule has 0 bridgehead atoms. The number of nitriles is 1. The van der Waals surface area contributed by atoms with Gasteiger partial charge in [-0.3, -0.25) is 0 Å². The number of hydrogen-bond donors (Lipinski definition) is 2. The average Bonchev–Trinajstić information content (AvgIpc) is 2.91. The van der Waals surface area contributed by atoms with Crippen molar-refractivity contribution in [3.8, 4) is 6.07 Å². The quantitative estimate of drug-likeness (QED) is 0.841. The van der Waals surface area contributed by atoms with Crippen molar-refractivity contribution in [3.05, 3.63) is 29.8 Å². The molecule has 1 fully saturated rings. The fourth-order valence-electron chi connectivity index (χ4n) is 2.24. The van der Waals surface area contributed by atoms with Gasteiger partial charge in [0.15, 0.2) is 0 Å². The Morgan fingerprint density at radius 1 is 1.42 bits per heavy atom. The Kier molecular flexibility index (Phi) is 4.53. The van der Waals surface area contributed by atoms with E-state index in [9.17, 15) is 8.42 Å². The minimum Gasteiger partial charge on any atom is -0.314 e. The van der Waals surface area contributed by atoms with E-state index in [-0.39, 0.29) is 10.5 Å². The Morgan fingerprint density at radius 2 is 2.21 bits per heavy atom. The lowest BCUT2D eigenvalue weighted by Gasteiger charge is -2.11. The van der Waals surface area contributed by atoms with Crippen LogP contribution in [0.25, 0.3) is 0 Å². The van der Waals surface area contributed by atoms with Gasteiger partial charge in [-0.05, 0) is 37.9 Å². The molecular weight excluding hydrogens is 262 g/mol. The molecular formula is C13H17N3O2S. The molecule has 19 heavy (non-hydrogen) atoms. The van der Waals surface area contributed by atoms with Crippen molar-refractivity contribution in [2.75, 3.05) is 13.1 Å². The van der Waals surface area contributed by atoms with Gasteiger partial charge in [-0.1, -0.05) is 12.1 Å². The predicted octanol–water partition coefficient (Wildman–Crippen LogP) is 0.979. The number of sulfonamides is 1. The second-order valence-corrected chi connectivity index (χ2v) is 6.32. The molecule has 2 rings (SSSR count). The first kappa shape index (κ1) is 14.0. The van der Waals surface area contributed by atoms with E-state index in [1.165, 1.54) is 12.1 Å². The maximum atomic E-state index is 12.1. The van der Waals surface area contributed by atoms with Crippen LogP contribution in [0.3, 0.4) is 0 Å². The van der Waals surface area contributed by atoms with Crippen LogP contribution in [0, 0.1) is 11.3 Å². The number of rotatable bonds is 5. The Morgan fingerprint density at radius 3 is 2.89 bits per heavy atom. The van der Waals surface area contributed by atoms with E-state index in [1.54, 1.807) is 12.1 Å². The van der Waals surface area contributed by atoms with E-state index in [2.05, 4.69) is 10.0 Å². The van der Waals surface area contributed by atoms with Crippen LogP contribution >= 0.6 is 0 Å². The van der Waals surface area contributed by atoms with Crippen LogP contribution in [-0.4, -0.2) is 27.5 Å². The van der Waals surface area contributed by atoms with Crippen LogP contribution in [0.1, 0.15) is 24.8 Å². The molecule has 6 heteroatoms. The first-order valence-corrected chi connectivity index (χ1v) is 7.84. The van der Waals surface area contributed by atoms with Crippen molar-refractivity contribution >= 4 is 10.0 Å². The van der Waals surface area contributed by atoms with Gasteiger partial charge >= 0.3 is 0 Å². The minimum absolute atomic E-state index is 0.0527. The molecule has 2 N–H and O–H groups in total. The summed E-state index contributed by atoms with van der Waals surface area (Å²) in [6.07, 6.45) is 3.01. The van der Waals surface area contributed by atoms with Gasteiger partial charge in [-0.2, -0.15) is 5.26 Å². The Labute approximate surface area is 113 Å². The first-order chi connectivity index (χ1) is 9.13. The lowest BCUT2D eigenvalue weighted by molar-refractivity contribution is 0.539. The van der Waals surface area contributed by atoms with E-state index in [1.807, 2.05) is 6.07 Å². The summed E-state index contributed by atoms with van der Waals surface area (Å²) in [5.74, 6) is 0. The molecule has 1 saturated heterocycles. The summed E-state index contributed by atoms with van der Waals surface area (Å²) in [5, 5.41) is 12.2. The van der Waals surface area contributed by atoms with Gasteiger partial charge in [-0.15, -0.1) is 0 Å². The second-order valence-electron chi connectivity index (χ2n) is 4.59. The summed E-state index contributed by atoms with van der Waals surface area (Å²) in [7, 11) is -3.60. The van der Waals surface area contributed by atoms with Crippen molar-refractivity contribution in [3.63, 3.8) is 0 Å². The standard InChI is InChI=1S/C13H17N3O2S/c14-10-11-4-1-2-6-13(11)19(17,18)16-9-7-12-5-3-8-15-12/h1-2,4,6,12,15-16H,3,5,7-9H2. The fourth-order valence-corrected chi connectivity index (χ4v) is 3.44. The Bertz CT molecular complexity index is 572. The highest BCUT2D eigenvalue weighted by molar-refractivity contribution is 7.89. The maximum absolute atomic E-state index is 12.1. The smallest absolute Gasteiger partial charge is 0.241 e. The van der Waals surface area contributed by atoms with Crippen molar-refractivity contribution in [2.45, 2.75) is 30.2 Å².